The van der Waals surface area contributed by atoms with E-state index in [-0.39, 0.29) is 11.9 Å². The Morgan fingerprint density at radius 3 is 2.91 bits per heavy atom. The Balaban J connectivity index is 1.70. The number of ether oxygens (including phenoxy) is 1. The Labute approximate surface area is 139 Å². The van der Waals surface area contributed by atoms with Gasteiger partial charge in [-0.3, -0.25) is 4.79 Å². The molecule has 2 heterocycles. The summed E-state index contributed by atoms with van der Waals surface area (Å²) in [6, 6.07) is 1.39. The first-order valence-electron chi connectivity index (χ1n) is 7.76. The van der Waals surface area contributed by atoms with Crippen LogP contribution in [-0.2, 0) is 20.7 Å². The lowest BCUT2D eigenvalue weighted by Crippen LogP contribution is -2.44. The zero-order valence-electron chi connectivity index (χ0n) is 12.7. The molecule has 1 amide bonds. The molecule has 2 aliphatic rings. The summed E-state index contributed by atoms with van der Waals surface area (Å²) in [6.45, 7) is 0.608. The van der Waals surface area contributed by atoms with Crippen LogP contribution in [0.5, 0.6) is 0 Å². The highest BCUT2D eigenvalue weighted by Crippen LogP contribution is 2.35. The van der Waals surface area contributed by atoms with Crippen molar-refractivity contribution in [3.05, 3.63) is 21.9 Å². The van der Waals surface area contributed by atoms with E-state index >= 15 is 0 Å². The quantitative estimate of drug-likeness (QED) is 0.791. The van der Waals surface area contributed by atoms with Crippen LogP contribution in [0.4, 0.5) is 0 Å². The highest BCUT2D eigenvalue weighted by atomic mass is 32.2. The van der Waals surface area contributed by atoms with Crippen molar-refractivity contribution in [3.63, 3.8) is 0 Å². The molecule has 3 rings (SSSR count). The molecule has 1 saturated carbocycles. The summed E-state index contributed by atoms with van der Waals surface area (Å²) in [5.41, 5.74) is 0.947. The summed E-state index contributed by atoms with van der Waals surface area (Å²) in [5, 5.41) is 2.60. The molecule has 1 aromatic heterocycles. The number of esters is 1. The Morgan fingerprint density at radius 1 is 1.41 bits per heavy atom. The Hall–Kier alpha value is -1.01. The van der Waals surface area contributed by atoms with Crippen LogP contribution in [0.2, 0.25) is 0 Å². The molecule has 22 heavy (non-hydrogen) atoms. The highest BCUT2D eigenvalue weighted by Gasteiger charge is 2.37. The third kappa shape index (κ3) is 3.18. The molecule has 0 radical (unpaired) electrons. The first kappa shape index (κ1) is 15.9. The lowest BCUT2D eigenvalue weighted by molar-refractivity contribution is -0.153. The third-order valence-electron chi connectivity index (χ3n) is 4.46. The van der Waals surface area contributed by atoms with Crippen LogP contribution < -0.4 is 0 Å². The first-order valence-corrected chi connectivity index (χ1v) is 9.68. The zero-order valence-corrected chi connectivity index (χ0v) is 14.4. The number of rotatable bonds is 4. The molecule has 6 heteroatoms. The fourth-order valence-corrected chi connectivity index (χ4v) is 5.39. The van der Waals surface area contributed by atoms with E-state index in [1.807, 2.05) is 11.4 Å². The Kier molecular flexibility index (Phi) is 5.08. The van der Waals surface area contributed by atoms with Crippen LogP contribution in [-0.4, -0.2) is 41.4 Å². The number of hydrogen-bond acceptors (Lipinski definition) is 5. The van der Waals surface area contributed by atoms with Gasteiger partial charge in [-0.05, 0) is 36.3 Å². The van der Waals surface area contributed by atoms with Gasteiger partial charge in [0.15, 0.2) is 6.04 Å². The average Bonchev–Trinajstić information content (AvgIpc) is 3.21. The summed E-state index contributed by atoms with van der Waals surface area (Å²) in [7, 11) is 1.39. The molecule has 1 aliphatic carbocycles. The van der Waals surface area contributed by atoms with E-state index in [4.69, 9.17) is 4.74 Å². The Morgan fingerprint density at radius 2 is 2.18 bits per heavy atom. The molecule has 1 unspecified atom stereocenters. The SMILES string of the molecule is COC(=O)C1c2ccsc2CCN1C(=O)CSC1CCCC1. The molecule has 0 aromatic carbocycles. The number of amides is 1. The largest absolute Gasteiger partial charge is 0.467 e. The predicted octanol–water partition coefficient (Wildman–Crippen LogP) is 3.02. The van der Waals surface area contributed by atoms with Gasteiger partial charge in [0.25, 0.3) is 0 Å². The summed E-state index contributed by atoms with van der Waals surface area (Å²) >= 11 is 3.40. The molecule has 120 valence electrons. The van der Waals surface area contributed by atoms with Crippen LogP contribution in [0.3, 0.4) is 0 Å². The van der Waals surface area contributed by atoms with Crippen molar-refractivity contribution in [1.29, 1.82) is 0 Å². The van der Waals surface area contributed by atoms with E-state index < -0.39 is 6.04 Å². The van der Waals surface area contributed by atoms with Crippen LogP contribution >= 0.6 is 23.1 Å². The number of methoxy groups -OCH3 is 1. The van der Waals surface area contributed by atoms with Gasteiger partial charge < -0.3 is 9.64 Å². The fraction of sp³-hybridized carbons (Fsp3) is 0.625. The molecular formula is C16H21NO3S2. The second kappa shape index (κ2) is 7.04. The lowest BCUT2D eigenvalue weighted by atomic mass is 10.00. The van der Waals surface area contributed by atoms with Gasteiger partial charge in [-0.15, -0.1) is 23.1 Å². The van der Waals surface area contributed by atoms with Gasteiger partial charge in [0.05, 0.1) is 12.9 Å². The van der Waals surface area contributed by atoms with Gasteiger partial charge in [0, 0.05) is 16.7 Å². The number of fused-ring (bicyclic) bond motifs is 1. The summed E-state index contributed by atoms with van der Waals surface area (Å²) in [6.07, 6.45) is 5.82. The van der Waals surface area contributed by atoms with E-state index in [1.54, 1.807) is 28.0 Å². The predicted molar refractivity (Wildman–Crippen MR) is 89.2 cm³/mol. The highest BCUT2D eigenvalue weighted by molar-refractivity contribution is 8.00. The summed E-state index contributed by atoms with van der Waals surface area (Å²) in [5.74, 6) is 0.195. The average molecular weight is 339 g/mol. The maximum atomic E-state index is 12.6. The van der Waals surface area contributed by atoms with E-state index in [2.05, 4.69) is 0 Å². The van der Waals surface area contributed by atoms with Gasteiger partial charge in [0.1, 0.15) is 0 Å². The molecule has 1 atom stereocenters. The van der Waals surface area contributed by atoms with Gasteiger partial charge in [-0.2, -0.15) is 0 Å². The molecule has 0 N–H and O–H groups in total. The van der Waals surface area contributed by atoms with Crippen molar-refractivity contribution in [2.45, 2.75) is 43.4 Å². The number of thioether (sulfide) groups is 1. The van der Waals surface area contributed by atoms with Gasteiger partial charge in [-0.1, -0.05) is 12.8 Å². The molecule has 0 saturated heterocycles. The fourth-order valence-electron chi connectivity index (χ4n) is 3.28. The van der Waals surface area contributed by atoms with Gasteiger partial charge in [-0.25, -0.2) is 4.79 Å². The number of hydrogen-bond donors (Lipinski definition) is 0. The van der Waals surface area contributed by atoms with Crippen LogP contribution in [0, 0.1) is 0 Å². The maximum absolute atomic E-state index is 12.6. The van der Waals surface area contributed by atoms with Gasteiger partial charge in [0.2, 0.25) is 5.91 Å². The monoisotopic (exact) mass is 339 g/mol. The van der Waals surface area contributed by atoms with E-state index in [9.17, 15) is 9.59 Å². The van der Waals surface area contributed by atoms with E-state index in [0.717, 1.165) is 12.0 Å². The van der Waals surface area contributed by atoms with Crippen molar-refractivity contribution in [2.75, 3.05) is 19.4 Å². The van der Waals surface area contributed by atoms with Crippen molar-refractivity contribution in [3.8, 4) is 0 Å². The minimum atomic E-state index is -0.559. The second-order valence-corrected chi connectivity index (χ2v) is 8.07. The lowest BCUT2D eigenvalue weighted by Gasteiger charge is -2.34. The minimum Gasteiger partial charge on any atom is -0.467 e. The molecule has 1 aromatic rings. The Bertz CT molecular complexity index is 551. The van der Waals surface area contributed by atoms with Crippen LogP contribution in [0.25, 0.3) is 0 Å². The topological polar surface area (TPSA) is 46.6 Å². The molecule has 1 fully saturated rings. The summed E-state index contributed by atoms with van der Waals surface area (Å²) < 4.78 is 4.94. The molecule has 0 bridgehead atoms. The number of carbonyl (C=O) groups excluding carboxylic acids is 2. The number of carbonyl (C=O) groups is 2. The molecular weight excluding hydrogens is 318 g/mol. The minimum absolute atomic E-state index is 0.0594. The number of nitrogens with zero attached hydrogens (tertiary/aromatic N) is 1. The van der Waals surface area contributed by atoms with Crippen molar-refractivity contribution in [1.82, 2.24) is 4.90 Å². The molecule has 4 nitrogen and oxygen atoms in total. The van der Waals surface area contributed by atoms with E-state index in [0.29, 0.717) is 17.5 Å². The van der Waals surface area contributed by atoms with Crippen LogP contribution in [0.1, 0.15) is 42.2 Å². The normalized spacial score (nSPS) is 21.7. The van der Waals surface area contributed by atoms with Crippen LogP contribution in [0.15, 0.2) is 11.4 Å². The summed E-state index contributed by atoms with van der Waals surface area (Å²) in [4.78, 5) is 27.7. The zero-order chi connectivity index (χ0) is 15.5. The third-order valence-corrected chi connectivity index (χ3v) is 6.81. The molecule has 0 spiro atoms. The van der Waals surface area contributed by atoms with Crippen molar-refractivity contribution < 1.29 is 14.3 Å². The smallest absolute Gasteiger partial charge is 0.333 e. The number of thiophene rings is 1. The second-order valence-electron chi connectivity index (χ2n) is 5.78. The molecule has 1 aliphatic heterocycles. The van der Waals surface area contributed by atoms with Crippen molar-refractivity contribution >= 4 is 35.0 Å². The first-order chi connectivity index (χ1) is 10.7. The van der Waals surface area contributed by atoms with E-state index in [1.165, 1.54) is 37.7 Å². The van der Waals surface area contributed by atoms with Gasteiger partial charge >= 0.3 is 5.97 Å². The van der Waals surface area contributed by atoms with Crippen molar-refractivity contribution in [2.24, 2.45) is 0 Å². The maximum Gasteiger partial charge on any atom is 0.333 e. The standard InChI is InChI=1S/C16H21NO3S2/c1-20-16(19)15-12-7-9-21-13(12)6-8-17(15)14(18)10-22-11-4-2-3-5-11/h7,9,11,15H,2-6,8,10H2,1H3.